The van der Waals surface area contributed by atoms with Gasteiger partial charge in [0.1, 0.15) is 5.75 Å². The summed E-state index contributed by atoms with van der Waals surface area (Å²) in [5.41, 5.74) is 6.45. The average molecular weight is 341 g/mol. The Morgan fingerprint density at radius 3 is 2.30 bits per heavy atom. The molecular weight excluding hydrogens is 316 g/mol. The summed E-state index contributed by atoms with van der Waals surface area (Å²) in [5.74, 6) is 0.635. The lowest BCUT2D eigenvalue weighted by Crippen LogP contribution is -2.40. The Bertz CT molecular complexity index is 511. The molecule has 23 heavy (non-hydrogen) atoms. The van der Waals surface area contributed by atoms with Gasteiger partial charge in [-0.2, -0.15) is 0 Å². The van der Waals surface area contributed by atoms with E-state index < -0.39 is 0 Å². The second-order valence-electron chi connectivity index (χ2n) is 5.83. The fourth-order valence-electron chi connectivity index (χ4n) is 2.71. The number of carbonyl (C=O) groups excluding carboxylic acids is 2. The van der Waals surface area contributed by atoms with Gasteiger partial charge in [0.2, 0.25) is 5.91 Å². The van der Waals surface area contributed by atoms with Gasteiger partial charge in [-0.05, 0) is 49.9 Å². The molecule has 2 rings (SSSR count). The summed E-state index contributed by atoms with van der Waals surface area (Å²) in [6.45, 7) is 0. The van der Waals surface area contributed by atoms with Crippen LogP contribution in [-0.4, -0.2) is 30.9 Å². The molecule has 1 amide bonds. The van der Waals surface area contributed by atoms with Gasteiger partial charge in [0, 0.05) is 30.5 Å². The topological polar surface area (TPSA) is 81.4 Å². The zero-order valence-electron chi connectivity index (χ0n) is 13.4. The summed E-state index contributed by atoms with van der Waals surface area (Å²) in [5, 5.41) is 3.00. The van der Waals surface area contributed by atoms with Crippen molar-refractivity contribution in [2.45, 2.75) is 50.6 Å². The maximum atomic E-state index is 12.0. The summed E-state index contributed by atoms with van der Waals surface area (Å²) in [4.78, 5) is 24.0. The molecule has 6 heteroatoms. The van der Waals surface area contributed by atoms with Gasteiger partial charge in [-0.1, -0.05) is 0 Å². The van der Waals surface area contributed by atoms with E-state index in [0.29, 0.717) is 11.3 Å². The van der Waals surface area contributed by atoms with E-state index in [2.05, 4.69) is 5.32 Å². The SMILES string of the molecule is COc1ccc(C(=O)CCC(=O)NC2CCC(N)CC2)cc1.Cl. The number of amides is 1. The standard InChI is InChI=1S/C17H24N2O3.ClH/c1-22-15-8-2-12(3-9-15)16(20)10-11-17(21)19-14-6-4-13(18)5-7-14;/h2-3,8-9,13-14H,4-7,10-11,18H2,1H3,(H,19,21);1H. The molecule has 1 aromatic rings. The third kappa shape index (κ3) is 6.20. The van der Waals surface area contributed by atoms with Gasteiger partial charge in [0.25, 0.3) is 0 Å². The second kappa shape index (κ2) is 9.53. The first-order valence-corrected chi connectivity index (χ1v) is 7.80. The average Bonchev–Trinajstić information content (AvgIpc) is 2.55. The Morgan fingerprint density at radius 1 is 1.13 bits per heavy atom. The van der Waals surface area contributed by atoms with Crippen molar-refractivity contribution in [3.63, 3.8) is 0 Å². The Labute approximate surface area is 143 Å². The Morgan fingerprint density at radius 2 is 1.74 bits per heavy atom. The van der Waals surface area contributed by atoms with E-state index in [4.69, 9.17) is 10.5 Å². The van der Waals surface area contributed by atoms with Crippen LogP contribution in [0.3, 0.4) is 0 Å². The Balaban J connectivity index is 0.00000264. The van der Waals surface area contributed by atoms with Gasteiger partial charge in [0.05, 0.1) is 7.11 Å². The minimum absolute atomic E-state index is 0. The lowest BCUT2D eigenvalue weighted by atomic mass is 9.91. The van der Waals surface area contributed by atoms with Crippen LogP contribution in [0.5, 0.6) is 5.75 Å². The first-order valence-electron chi connectivity index (χ1n) is 7.80. The van der Waals surface area contributed by atoms with E-state index in [9.17, 15) is 9.59 Å². The molecule has 1 saturated carbocycles. The number of benzene rings is 1. The minimum Gasteiger partial charge on any atom is -0.497 e. The van der Waals surface area contributed by atoms with Crippen molar-refractivity contribution in [1.29, 1.82) is 0 Å². The number of methoxy groups -OCH3 is 1. The number of nitrogens with two attached hydrogens (primary N) is 1. The molecule has 1 aromatic carbocycles. The Kier molecular flexibility index (Phi) is 8.06. The molecular formula is C17H25ClN2O3. The Hall–Kier alpha value is -1.59. The molecule has 0 heterocycles. The van der Waals surface area contributed by atoms with Crippen molar-refractivity contribution in [2.24, 2.45) is 5.73 Å². The number of ketones is 1. The molecule has 1 aliphatic rings. The molecule has 0 unspecified atom stereocenters. The lowest BCUT2D eigenvalue weighted by molar-refractivity contribution is -0.122. The maximum Gasteiger partial charge on any atom is 0.220 e. The first kappa shape index (κ1) is 19.5. The number of nitrogens with one attached hydrogen (secondary N) is 1. The fourth-order valence-corrected chi connectivity index (χ4v) is 2.71. The molecule has 5 nitrogen and oxygen atoms in total. The number of Topliss-reactive ketones (excluding diaryl/α,β-unsaturated/α-hetero) is 1. The molecule has 128 valence electrons. The fraction of sp³-hybridized carbons (Fsp3) is 0.529. The van der Waals surface area contributed by atoms with E-state index in [-0.39, 0.29) is 49.0 Å². The van der Waals surface area contributed by atoms with Crippen LogP contribution in [-0.2, 0) is 4.79 Å². The number of hydrogen-bond donors (Lipinski definition) is 2. The normalized spacial score (nSPS) is 20.3. The predicted octanol–water partition coefficient (Wildman–Crippen LogP) is 2.47. The van der Waals surface area contributed by atoms with Gasteiger partial charge in [-0.25, -0.2) is 0 Å². The molecule has 0 aliphatic heterocycles. The molecule has 0 saturated heterocycles. The number of rotatable bonds is 6. The van der Waals surface area contributed by atoms with E-state index in [0.717, 1.165) is 25.7 Å². The predicted molar refractivity (Wildman–Crippen MR) is 92.2 cm³/mol. The highest BCUT2D eigenvalue weighted by atomic mass is 35.5. The van der Waals surface area contributed by atoms with Crippen molar-refractivity contribution >= 4 is 24.1 Å². The van der Waals surface area contributed by atoms with Crippen LogP contribution in [0, 0.1) is 0 Å². The van der Waals surface area contributed by atoms with Crippen LogP contribution in [0.15, 0.2) is 24.3 Å². The van der Waals surface area contributed by atoms with Crippen molar-refractivity contribution in [1.82, 2.24) is 5.32 Å². The lowest BCUT2D eigenvalue weighted by Gasteiger charge is -2.26. The van der Waals surface area contributed by atoms with E-state index in [1.165, 1.54) is 0 Å². The summed E-state index contributed by atoms with van der Waals surface area (Å²) in [7, 11) is 1.58. The van der Waals surface area contributed by atoms with Gasteiger partial charge in [0.15, 0.2) is 5.78 Å². The third-order valence-electron chi connectivity index (χ3n) is 4.13. The van der Waals surface area contributed by atoms with Crippen molar-refractivity contribution < 1.29 is 14.3 Å². The summed E-state index contributed by atoms with van der Waals surface area (Å²) in [6.07, 6.45) is 4.22. The molecule has 3 N–H and O–H groups in total. The zero-order chi connectivity index (χ0) is 15.9. The highest BCUT2D eigenvalue weighted by Gasteiger charge is 2.20. The van der Waals surface area contributed by atoms with Crippen LogP contribution in [0.4, 0.5) is 0 Å². The largest absolute Gasteiger partial charge is 0.497 e. The molecule has 1 aliphatic carbocycles. The molecule has 0 bridgehead atoms. The highest BCUT2D eigenvalue weighted by Crippen LogP contribution is 2.17. The summed E-state index contributed by atoms with van der Waals surface area (Å²) in [6, 6.07) is 7.42. The van der Waals surface area contributed by atoms with Crippen LogP contribution in [0.25, 0.3) is 0 Å². The quantitative estimate of drug-likeness (QED) is 0.779. The van der Waals surface area contributed by atoms with Crippen molar-refractivity contribution in [2.75, 3.05) is 7.11 Å². The number of carbonyl (C=O) groups is 2. The molecule has 0 radical (unpaired) electrons. The third-order valence-corrected chi connectivity index (χ3v) is 4.13. The van der Waals surface area contributed by atoms with Crippen molar-refractivity contribution in [3.05, 3.63) is 29.8 Å². The second-order valence-corrected chi connectivity index (χ2v) is 5.83. The number of ether oxygens (including phenoxy) is 1. The van der Waals surface area contributed by atoms with Crippen molar-refractivity contribution in [3.8, 4) is 5.75 Å². The zero-order valence-corrected chi connectivity index (χ0v) is 14.2. The maximum absolute atomic E-state index is 12.0. The van der Waals surface area contributed by atoms with Crippen LogP contribution in [0.1, 0.15) is 48.9 Å². The van der Waals surface area contributed by atoms with Gasteiger partial charge < -0.3 is 15.8 Å². The van der Waals surface area contributed by atoms with E-state index >= 15 is 0 Å². The van der Waals surface area contributed by atoms with Gasteiger partial charge >= 0.3 is 0 Å². The van der Waals surface area contributed by atoms with Crippen LogP contribution >= 0.6 is 12.4 Å². The number of hydrogen-bond acceptors (Lipinski definition) is 4. The highest BCUT2D eigenvalue weighted by molar-refractivity contribution is 5.98. The van der Waals surface area contributed by atoms with E-state index in [1.54, 1.807) is 31.4 Å². The first-order chi connectivity index (χ1) is 10.6. The molecule has 0 spiro atoms. The van der Waals surface area contributed by atoms with Gasteiger partial charge in [-0.15, -0.1) is 12.4 Å². The smallest absolute Gasteiger partial charge is 0.220 e. The molecule has 1 fully saturated rings. The van der Waals surface area contributed by atoms with Gasteiger partial charge in [-0.3, -0.25) is 9.59 Å². The van der Waals surface area contributed by atoms with Crippen LogP contribution < -0.4 is 15.8 Å². The number of halogens is 1. The monoisotopic (exact) mass is 340 g/mol. The summed E-state index contributed by atoms with van der Waals surface area (Å²) < 4.78 is 5.05. The summed E-state index contributed by atoms with van der Waals surface area (Å²) >= 11 is 0. The minimum atomic E-state index is -0.0534. The van der Waals surface area contributed by atoms with E-state index in [1.807, 2.05) is 0 Å². The molecule has 0 aromatic heterocycles. The molecule has 0 atom stereocenters. The van der Waals surface area contributed by atoms with Crippen LogP contribution in [0.2, 0.25) is 0 Å².